The van der Waals surface area contributed by atoms with E-state index in [1.807, 2.05) is 22.8 Å². The van der Waals surface area contributed by atoms with E-state index >= 15 is 0 Å². The van der Waals surface area contributed by atoms with Gasteiger partial charge in [0.15, 0.2) is 5.65 Å². The molecule has 4 nitrogen and oxygen atoms in total. The van der Waals surface area contributed by atoms with Crippen molar-refractivity contribution in [3.63, 3.8) is 0 Å². The van der Waals surface area contributed by atoms with Crippen LogP contribution in [0.5, 0.6) is 0 Å². The number of aromatic nitrogens is 3. The van der Waals surface area contributed by atoms with Crippen LogP contribution < -0.4 is 5.32 Å². The molecule has 20 heavy (non-hydrogen) atoms. The number of hydrogen-bond acceptors (Lipinski definition) is 3. The van der Waals surface area contributed by atoms with Crippen LogP contribution in [0.2, 0.25) is 0 Å². The summed E-state index contributed by atoms with van der Waals surface area (Å²) in [7, 11) is 0. The van der Waals surface area contributed by atoms with Gasteiger partial charge >= 0.3 is 0 Å². The first-order valence-electron chi connectivity index (χ1n) is 6.94. The number of fused-ring (bicyclic) bond motifs is 1. The highest BCUT2D eigenvalue weighted by atomic mass is 15.4. The molecule has 2 heterocycles. The molecule has 3 aromatic rings. The van der Waals surface area contributed by atoms with Crippen LogP contribution in [0.15, 0.2) is 48.7 Å². The van der Waals surface area contributed by atoms with Crippen molar-refractivity contribution >= 4 is 11.6 Å². The van der Waals surface area contributed by atoms with Crippen molar-refractivity contribution in [2.24, 2.45) is 0 Å². The van der Waals surface area contributed by atoms with Crippen molar-refractivity contribution < 1.29 is 0 Å². The molecule has 0 spiro atoms. The molecule has 1 aromatic carbocycles. The average Bonchev–Trinajstić information content (AvgIpc) is 3.10. The Bertz CT molecular complexity index is 748. The first kappa shape index (κ1) is 11.5. The lowest BCUT2D eigenvalue weighted by atomic mass is 10.1. The van der Waals surface area contributed by atoms with Crippen LogP contribution in [0.1, 0.15) is 23.5 Å². The fourth-order valence-corrected chi connectivity index (χ4v) is 2.63. The van der Waals surface area contributed by atoms with Crippen molar-refractivity contribution in [2.75, 3.05) is 5.32 Å². The number of hydrogen-bond donors (Lipinski definition) is 1. The van der Waals surface area contributed by atoms with E-state index in [1.54, 1.807) is 0 Å². The molecule has 1 aliphatic carbocycles. The molecule has 0 saturated heterocycles. The van der Waals surface area contributed by atoms with Gasteiger partial charge in [0.2, 0.25) is 5.95 Å². The van der Waals surface area contributed by atoms with E-state index < -0.39 is 0 Å². The zero-order valence-electron chi connectivity index (χ0n) is 11.3. The zero-order chi connectivity index (χ0) is 13.5. The standard InChI is InChI=1S/C16H16N4/c1-11-7-8-20-15(9-11)18-16(19-20)17-14-10-13(14)12-5-3-2-4-6-12/h2-9,13-14H,10H2,1H3,(H,17,19). The predicted molar refractivity (Wildman–Crippen MR) is 78.9 cm³/mol. The second-order valence-electron chi connectivity index (χ2n) is 5.45. The van der Waals surface area contributed by atoms with Gasteiger partial charge in [0.1, 0.15) is 0 Å². The summed E-state index contributed by atoms with van der Waals surface area (Å²) in [5.41, 5.74) is 3.49. The summed E-state index contributed by atoms with van der Waals surface area (Å²) < 4.78 is 1.81. The summed E-state index contributed by atoms with van der Waals surface area (Å²) in [6, 6.07) is 15.2. The zero-order valence-corrected chi connectivity index (χ0v) is 11.3. The second-order valence-corrected chi connectivity index (χ2v) is 5.45. The minimum Gasteiger partial charge on any atom is -0.350 e. The van der Waals surface area contributed by atoms with Gasteiger partial charge in [0.25, 0.3) is 0 Å². The van der Waals surface area contributed by atoms with Crippen molar-refractivity contribution in [3.05, 3.63) is 59.8 Å². The summed E-state index contributed by atoms with van der Waals surface area (Å²) >= 11 is 0. The predicted octanol–water partition coefficient (Wildman–Crippen LogP) is 3.01. The smallest absolute Gasteiger partial charge is 0.243 e. The van der Waals surface area contributed by atoms with E-state index in [4.69, 9.17) is 0 Å². The molecule has 2 atom stereocenters. The van der Waals surface area contributed by atoms with Crippen LogP contribution in [0, 0.1) is 6.92 Å². The topological polar surface area (TPSA) is 42.2 Å². The number of aryl methyl sites for hydroxylation is 1. The first-order valence-corrected chi connectivity index (χ1v) is 6.94. The van der Waals surface area contributed by atoms with Crippen LogP contribution in [0.4, 0.5) is 5.95 Å². The van der Waals surface area contributed by atoms with Crippen LogP contribution in [0.25, 0.3) is 5.65 Å². The lowest BCUT2D eigenvalue weighted by Gasteiger charge is -2.00. The number of pyridine rings is 1. The van der Waals surface area contributed by atoms with Gasteiger partial charge in [0, 0.05) is 18.2 Å². The number of nitrogens with zero attached hydrogens (tertiary/aromatic N) is 3. The highest BCUT2D eigenvalue weighted by Gasteiger charge is 2.38. The van der Waals surface area contributed by atoms with Crippen molar-refractivity contribution in [1.82, 2.24) is 14.6 Å². The highest BCUT2D eigenvalue weighted by molar-refractivity contribution is 5.47. The van der Waals surface area contributed by atoms with Crippen LogP contribution in [-0.2, 0) is 0 Å². The number of anilines is 1. The van der Waals surface area contributed by atoms with Gasteiger partial charge in [-0.2, -0.15) is 4.98 Å². The van der Waals surface area contributed by atoms with Gasteiger partial charge < -0.3 is 5.32 Å². The van der Waals surface area contributed by atoms with Gasteiger partial charge in [-0.25, -0.2) is 4.52 Å². The van der Waals surface area contributed by atoms with E-state index in [1.165, 1.54) is 11.1 Å². The van der Waals surface area contributed by atoms with E-state index in [-0.39, 0.29) is 0 Å². The molecular weight excluding hydrogens is 248 g/mol. The summed E-state index contributed by atoms with van der Waals surface area (Å²) in [6.07, 6.45) is 3.10. The molecule has 2 unspecified atom stereocenters. The Morgan fingerprint density at radius 3 is 2.90 bits per heavy atom. The third-order valence-electron chi connectivity index (χ3n) is 3.83. The number of rotatable bonds is 3. The highest BCUT2D eigenvalue weighted by Crippen LogP contribution is 2.42. The Labute approximate surface area is 117 Å². The lowest BCUT2D eigenvalue weighted by molar-refractivity contribution is 0.939. The molecule has 1 fully saturated rings. The largest absolute Gasteiger partial charge is 0.350 e. The third-order valence-corrected chi connectivity index (χ3v) is 3.83. The quantitative estimate of drug-likeness (QED) is 0.790. The van der Waals surface area contributed by atoms with Crippen LogP contribution in [0.3, 0.4) is 0 Å². The van der Waals surface area contributed by atoms with E-state index in [9.17, 15) is 0 Å². The molecule has 0 radical (unpaired) electrons. The molecule has 100 valence electrons. The number of nitrogens with one attached hydrogen (secondary N) is 1. The van der Waals surface area contributed by atoms with Gasteiger partial charge in [0.05, 0.1) is 0 Å². The van der Waals surface area contributed by atoms with Crippen LogP contribution >= 0.6 is 0 Å². The van der Waals surface area contributed by atoms with Crippen molar-refractivity contribution in [2.45, 2.75) is 25.3 Å². The molecule has 2 aromatic heterocycles. The lowest BCUT2D eigenvalue weighted by Crippen LogP contribution is -2.05. The monoisotopic (exact) mass is 264 g/mol. The van der Waals surface area contributed by atoms with Gasteiger partial charge in [-0.15, -0.1) is 5.10 Å². The minimum atomic E-state index is 0.455. The van der Waals surface area contributed by atoms with E-state index in [2.05, 4.69) is 52.7 Å². The van der Waals surface area contributed by atoms with Gasteiger partial charge in [-0.1, -0.05) is 30.3 Å². The maximum absolute atomic E-state index is 4.52. The molecule has 1 saturated carbocycles. The minimum absolute atomic E-state index is 0.455. The van der Waals surface area contributed by atoms with E-state index in [0.717, 1.165) is 18.0 Å². The Kier molecular flexibility index (Phi) is 2.49. The summed E-state index contributed by atoms with van der Waals surface area (Å²) in [5.74, 6) is 1.31. The fourth-order valence-electron chi connectivity index (χ4n) is 2.63. The second kappa shape index (κ2) is 4.34. The van der Waals surface area contributed by atoms with Crippen molar-refractivity contribution in [3.8, 4) is 0 Å². The van der Waals surface area contributed by atoms with E-state index in [0.29, 0.717) is 12.0 Å². The fraction of sp³-hybridized carbons (Fsp3) is 0.250. The molecule has 0 amide bonds. The van der Waals surface area contributed by atoms with Gasteiger partial charge in [-0.05, 0) is 36.6 Å². The van der Waals surface area contributed by atoms with Gasteiger partial charge in [-0.3, -0.25) is 0 Å². The summed E-state index contributed by atoms with van der Waals surface area (Å²) in [4.78, 5) is 4.52. The molecular formula is C16H16N4. The maximum atomic E-state index is 4.52. The molecule has 4 heteroatoms. The van der Waals surface area contributed by atoms with Crippen molar-refractivity contribution in [1.29, 1.82) is 0 Å². The molecule has 4 rings (SSSR count). The van der Waals surface area contributed by atoms with Crippen LogP contribution in [-0.4, -0.2) is 20.6 Å². The Hall–Kier alpha value is -2.36. The SMILES string of the molecule is Cc1ccn2nc(NC3CC3c3ccccc3)nc2c1. The Morgan fingerprint density at radius 1 is 1.20 bits per heavy atom. The maximum Gasteiger partial charge on any atom is 0.243 e. The molecule has 0 aliphatic heterocycles. The summed E-state index contributed by atoms with van der Waals surface area (Å²) in [5, 5.41) is 7.89. The molecule has 1 aliphatic rings. The summed E-state index contributed by atoms with van der Waals surface area (Å²) in [6.45, 7) is 2.06. The first-order chi connectivity index (χ1) is 9.79. The molecule has 1 N–H and O–H groups in total. The Balaban J connectivity index is 1.52. The Morgan fingerprint density at radius 2 is 2.05 bits per heavy atom. The molecule has 0 bridgehead atoms. The average molecular weight is 264 g/mol. The number of benzene rings is 1. The third kappa shape index (κ3) is 2.03. The normalized spacial score (nSPS) is 21.1.